The lowest BCUT2D eigenvalue weighted by Gasteiger charge is -2.49. The third-order valence-corrected chi connectivity index (χ3v) is 4.24. The van der Waals surface area contributed by atoms with Crippen LogP contribution in [0.2, 0.25) is 0 Å². The smallest absolute Gasteiger partial charge is 0.254 e. The zero-order chi connectivity index (χ0) is 15.7. The molecular formula is C13H21N3O6. The fourth-order valence-corrected chi connectivity index (χ4v) is 3.00. The van der Waals surface area contributed by atoms with Crippen molar-refractivity contribution in [2.24, 2.45) is 5.73 Å². The number of Topliss-reactive ketones (excluding diaryl/α,β-unsaturated/α-hetero) is 1. The number of hydrogen-bond acceptors (Lipinski definition) is 9. The third kappa shape index (κ3) is 2.44. The normalized spacial score (nSPS) is 35.5. The topological polar surface area (TPSA) is 118 Å². The van der Waals surface area contributed by atoms with E-state index in [4.69, 9.17) is 19.9 Å². The Labute approximate surface area is 127 Å². The molecule has 22 heavy (non-hydrogen) atoms. The van der Waals surface area contributed by atoms with E-state index in [-0.39, 0.29) is 5.88 Å². The number of nitrogens with two attached hydrogens (primary N) is 1. The summed E-state index contributed by atoms with van der Waals surface area (Å²) in [6.45, 7) is 3.46. The van der Waals surface area contributed by atoms with Crippen molar-refractivity contribution in [2.45, 2.75) is 12.0 Å². The van der Waals surface area contributed by atoms with Crippen LogP contribution in [0.25, 0.3) is 0 Å². The van der Waals surface area contributed by atoms with Crippen LogP contribution in [-0.2, 0) is 19.0 Å². The van der Waals surface area contributed by atoms with Crippen molar-refractivity contribution in [1.29, 1.82) is 0 Å². The molecule has 9 nitrogen and oxygen atoms in total. The van der Waals surface area contributed by atoms with Crippen LogP contribution in [0.5, 0.6) is 0 Å². The van der Waals surface area contributed by atoms with Gasteiger partial charge in [-0.2, -0.15) is 0 Å². The lowest BCUT2D eigenvalue weighted by molar-refractivity contribution is -0.248. The predicted octanol–water partition coefficient (Wildman–Crippen LogP) is -2.05. The Balaban J connectivity index is 1.94. The minimum atomic E-state index is -1.99. The highest BCUT2D eigenvalue weighted by Gasteiger charge is 2.58. The summed E-state index contributed by atoms with van der Waals surface area (Å²) >= 11 is 0. The highest BCUT2D eigenvalue weighted by atomic mass is 16.6. The van der Waals surface area contributed by atoms with Crippen molar-refractivity contribution in [3.05, 3.63) is 11.6 Å². The Kier molecular flexibility index (Phi) is 4.24. The predicted molar refractivity (Wildman–Crippen MR) is 73.5 cm³/mol. The minimum Gasteiger partial charge on any atom is -0.501 e. The summed E-state index contributed by atoms with van der Waals surface area (Å²) in [7, 11) is 0. The first-order valence-electron chi connectivity index (χ1n) is 7.32. The fraction of sp³-hybridized carbons (Fsp3) is 0.769. The molecule has 0 spiro atoms. The summed E-state index contributed by atoms with van der Waals surface area (Å²) in [5, 5.41) is 21.0. The molecular weight excluding hydrogens is 294 g/mol. The lowest BCUT2D eigenvalue weighted by atomic mass is 9.98. The number of ketones is 1. The molecule has 2 saturated heterocycles. The quantitative estimate of drug-likeness (QED) is 0.529. The van der Waals surface area contributed by atoms with Crippen molar-refractivity contribution in [1.82, 2.24) is 9.80 Å². The van der Waals surface area contributed by atoms with Crippen LogP contribution in [-0.4, -0.2) is 90.4 Å². The molecule has 0 aromatic carbocycles. The van der Waals surface area contributed by atoms with Gasteiger partial charge in [0, 0.05) is 26.2 Å². The maximum Gasteiger partial charge on any atom is 0.254 e. The monoisotopic (exact) mass is 315 g/mol. The Morgan fingerprint density at radius 3 is 2.23 bits per heavy atom. The number of carbonyl (C=O) groups excluding carboxylic acids is 1. The molecule has 2 fully saturated rings. The van der Waals surface area contributed by atoms with Crippen molar-refractivity contribution >= 4 is 5.78 Å². The van der Waals surface area contributed by atoms with E-state index in [2.05, 4.69) is 0 Å². The molecule has 3 aliphatic rings. The van der Waals surface area contributed by atoms with Crippen molar-refractivity contribution in [3.63, 3.8) is 0 Å². The second-order valence-electron chi connectivity index (χ2n) is 5.49. The number of rotatable bonds is 2. The Morgan fingerprint density at radius 2 is 1.64 bits per heavy atom. The van der Waals surface area contributed by atoms with E-state index < -0.39 is 23.5 Å². The number of ether oxygens (including phenoxy) is 3. The first kappa shape index (κ1) is 15.5. The molecule has 4 N–H and O–H groups in total. The molecule has 2 atom stereocenters. The molecule has 0 amide bonds. The molecule has 0 aliphatic carbocycles. The summed E-state index contributed by atoms with van der Waals surface area (Å²) in [5.74, 6) is -1.94. The van der Waals surface area contributed by atoms with Gasteiger partial charge in [0.1, 0.15) is 0 Å². The van der Waals surface area contributed by atoms with E-state index in [9.17, 15) is 15.0 Å². The van der Waals surface area contributed by atoms with Crippen molar-refractivity contribution in [2.75, 3.05) is 52.6 Å². The molecule has 0 bridgehead atoms. The molecule has 3 rings (SSSR count). The largest absolute Gasteiger partial charge is 0.501 e. The van der Waals surface area contributed by atoms with Crippen LogP contribution in [0, 0.1) is 0 Å². The van der Waals surface area contributed by atoms with Crippen LogP contribution in [0.4, 0.5) is 0 Å². The van der Waals surface area contributed by atoms with Gasteiger partial charge in [-0.15, -0.1) is 0 Å². The average molecular weight is 315 g/mol. The molecule has 0 aromatic rings. The van der Waals surface area contributed by atoms with Gasteiger partial charge in [0.05, 0.1) is 26.4 Å². The summed E-state index contributed by atoms with van der Waals surface area (Å²) in [4.78, 5) is 15.9. The van der Waals surface area contributed by atoms with Gasteiger partial charge in [-0.25, -0.2) is 0 Å². The summed E-state index contributed by atoms with van der Waals surface area (Å²) in [5.41, 5.74) is 3.60. The first-order valence-corrected chi connectivity index (χ1v) is 7.32. The van der Waals surface area contributed by atoms with Gasteiger partial charge in [0.15, 0.2) is 0 Å². The van der Waals surface area contributed by atoms with Crippen LogP contribution >= 0.6 is 0 Å². The van der Waals surface area contributed by atoms with Gasteiger partial charge < -0.3 is 30.2 Å². The second kappa shape index (κ2) is 6.01. The molecule has 3 aliphatic heterocycles. The maximum atomic E-state index is 12.6. The van der Waals surface area contributed by atoms with E-state index in [0.717, 1.165) is 0 Å². The summed E-state index contributed by atoms with van der Waals surface area (Å²) in [6, 6.07) is 0. The highest BCUT2D eigenvalue weighted by molar-refractivity contribution is 6.00. The van der Waals surface area contributed by atoms with E-state index in [1.807, 2.05) is 0 Å². The number of hydrogen-bond donors (Lipinski definition) is 3. The standard InChI is InChI=1S/C13H21N3O6/c14-11-9(17)10(18)13(19,16-3-7-21-8-4-16)12(22-11)15-1-5-20-6-2-15/h12,17,19H,1-8,14H2. The van der Waals surface area contributed by atoms with Crippen molar-refractivity contribution < 1.29 is 29.2 Å². The van der Waals surface area contributed by atoms with Gasteiger partial charge in [0.2, 0.25) is 23.6 Å². The van der Waals surface area contributed by atoms with Crippen LogP contribution in [0.3, 0.4) is 0 Å². The molecule has 9 heteroatoms. The van der Waals surface area contributed by atoms with Crippen LogP contribution < -0.4 is 5.73 Å². The number of carbonyl (C=O) groups is 1. The van der Waals surface area contributed by atoms with Crippen LogP contribution in [0.1, 0.15) is 0 Å². The number of aliphatic hydroxyl groups is 2. The van der Waals surface area contributed by atoms with Gasteiger partial charge in [-0.05, 0) is 0 Å². The van der Waals surface area contributed by atoms with E-state index in [0.29, 0.717) is 52.6 Å². The van der Waals surface area contributed by atoms with Gasteiger partial charge in [-0.3, -0.25) is 14.6 Å². The molecule has 124 valence electrons. The lowest BCUT2D eigenvalue weighted by Crippen LogP contribution is -2.72. The number of nitrogens with zero attached hydrogens (tertiary/aromatic N) is 2. The minimum absolute atomic E-state index is 0.361. The Morgan fingerprint density at radius 1 is 1.09 bits per heavy atom. The van der Waals surface area contributed by atoms with Crippen LogP contribution in [0.15, 0.2) is 11.6 Å². The summed E-state index contributed by atoms with van der Waals surface area (Å²) < 4.78 is 16.1. The maximum absolute atomic E-state index is 12.6. The molecule has 2 unspecified atom stereocenters. The highest BCUT2D eigenvalue weighted by Crippen LogP contribution is 2.32. The zero-order valence-electron chi connectivity index (χ0n) is 12.2. The number of aliphatic hydroxyl groups excluding tert-OH is 1. The van der Waals surface area contributed by atoms with E-state index >= 15 is 0 Å². The van der Waals surface area contributed by atoms with E-state index in [1.54, 1.807) is 9.80 Å². The second-order valence-corrected chi connectivity index (χ2v) is 5.49. The van der Waals surface area contributed by atoms with Gasteiger partial charge >= 0.3 is 0 Å². The van der Waals surface area contributed by atoms with E-state index in [1.165, 1.54) is 0 Å². The van der Waals surface area contributed by atoms with Gasteiger partial charge in [0.25, 0.3) is 5.78 Å². The Bertz CT molecular complexity index is 472. The SMILES string of the molecule is NC1=C(O)C(=O)C(O)(N2CCOCC2)C(N2CCOCC2)O1. The number of morpholine rings is 2. The molecule has 0 aromatic heterocycles. The Hall–Kier alpha value is -1.39. The molecule has 0 saturated carbocycles. The average Bonchev–Trinajstić information content (AvgIpc) is 2.58. The van der Waals surface area contributed by atoms with Gasteiger partial charge in [-0.1, -0.05) is 0 Å². The first-order chi connectivity index (χ1) is 10.5. The van der Waals surface area contributed by atoms with Crippen molar-refractivity contribution in [3.8, 4) is 0 Å². The molecule has 0 radical (unpaired) electrons. The summed E-state index contributed by atoms with van der Waals surface area (Å²) in [6.07, 6.45) is -0.988. The third-order valence-electron chi connectivity index (χ3n) is 4.24. The fourth-order valence-electron chi connectivity index (χ4n) is 3.00. The molecule has 3 heterocycles. The zero-order valence-corrected chi connectivity index (χ0v) is 12.2.